The summed E-state index contributed by atoms with van der Waals surface area (Å²) in [4.78, 5) is 12.8. The van der Waals surface area contributed by atoms with E-state index >= 15 is 0 Å². The second kappa shape index (κ2) is 6.54. The summed E-state index contributed by atoms with van der Waals surface area (Å²) in [5, 5.41) is 11.1. The molecule has 7 nitrogen and oxygen atoms in total. The van der Waals surface area contributed by atoms with Crippen LogP contribution in [0.4, 0.5) is 5.69 Å². The van der Waals surface area contributed by atoms with E-state index in [4.69, 9.17) is 9.26 Å². The Morgan fingerprint density at radius 2 is 2.35 bits per heavy atom. The van der Waals surface area contributed by atoms with Crippen LogP contribution in [-0.4, -0.2) is 27.5 Å². The maximum Gasteiger partial charge on any atom is 0.230 e. The van der Waals surface area contributed by atoms with Crippen LogP contribution in [0.5, 0.6) is 0 Å². The molecule has 1 saturated heterocycles. The van der Waals surface area contributed by atoms with Crippen molar-refractivity contribution in [1.29, 1.82) is 0 Å². The van der Waals surface area contributed by atoms with Gasteiger partial charge in [-0.15, -0.1) is 0 Å². The van der Waals surface area contributed by atoms with Crippen molar-refractivity contribution in [2.24, 2.45) is 13.0 Å². The van der Waals surface area contributed by atoms with E-state index in [1.807, 2.05) is 20.0 Å². The van der Waals surface area contributed by atoms with Crippen molar-refractivity contribution >= 4 is 11.6 Å². The van der Waals surface area contributed by atoms with E-state index in [2.05, 4.69) is 15.6 Å². The number of nitrogens with zero attached hydrogens (tertiary/aromatic N) is 3. The molecule has 1 aliphatic rings. The van der Waals surface area contributed by atoms with Crippen molar-refractivity contribution in [2.75, 3.05) is 11.9 Å². The first-order valence-corrected chi connectivity index (χ1v) is 7.97. The average Bonchev–Trinajstić information content (AvgIpc) is 3.14. The number of anilines is 1. The van der Waals surface area contributed by atoms with Crippen molar-refractivity contribution in [3.05, 3.63) is 29.4 Å². The second-order valence-electron chi connectivity index (χ2n) is 5.82. The minimum absolute atomic E-state index is 0.0584. The number of hydrogen-bond donors (Lipinski definition) is 1. The predicted molar refractivity (Wildman–Crippen MR) is 83.9 cm³/mol. The number of amides is 1. The molecule has 2 aromatic rings. The highest BCUT2D eigenvalue weighted by Gasteiger charge is 2.35. The molecule has 2 aromatic heterocycles. The van der Waals surface area contributed by atoms with Crippen molar-refractivity contribution in [1.82, 2.24) is 14.9 Å². The zero-order valence-corrected chi connectivity index (χ0v) is 13.7. The largest absolute Gasteiger partial charge is 0.371 e. The monoisotopic (exact) mass is 318 g/mol. The zero-order valence-electron chi connectivity index (χ0n) is 13.7. The van der Waals surface area contributed by atoms with Gasteiger partial charge in [-0.05, 0) is 32.3 Å². The number of carbonyl (C=O) groups is 1. The molecule has 0 saturated carbocycles. The van der Waals surface area contributed by atoms with Crippen LogP contribution < -0.4 is 5.32 Å². The van der Waals surface area contributed by atoms with Gasteiger partial charge in [0.2, 0.25) is 5.91 Å². The van der Waals surface area contributed by atoms with Gasteiger partial charge in [-0.2, -0.15) is 5.10 Å². The summed E-state index contributed by atoms with van der Waals surface area (Å²) in [5.41, 5.74) is 2.37. The van der Waals surface area contributed by atoms with Crippen LogP contribution in [0.2, 0.25) is 0 Å². The van der Waals surface area contributed by atoms with E-state index < -0.39 is 0 Å². The summed E-state index contributed by atoms with van der Waals surface area (Å²) < 4.78 is 12.8. The van der Waals surface area contributed by atoms with E-state index in [-0.39, 0.29) is 17.9 Å². The number of carbonyl (C=O) groups excluding carboxylic acids is 1. The Hall–Kier alpha value is -2.15. The lowest BCUT2D eigenvalue weighted by Crippen LogP contribution is -2.34. The molecule has 0 unspecified atom stereocenters. The molecule has 0 aromatic carbocycles. The molecule has 1 aliphatic heterocycles. The number of hydrogen-bond acceptors (Lipinski definition) is 5. The first kappa shape index (κ1) is 15.7. The summed E-state index contributed by atoms with van der Waals surface area (Å²) in [6, 6.07) is 1.90. The predicted octanol–water partition coefficient (Wildman–Crippen LogP) is 2.39. The SMILES string of the molecule is CCc1noc(C)c1NC(=O)[C@@H]1CCCO[C@H]1c1ccnn1C. The summed E-state index contributed by atoms with van der Waals surface area (Å²) in [7, 11) is 1.86. The fraction of sp³-hybridized carbons (Fsp3) is 0.562. The Balaban J connectivity index is 1.82. The summed E-state index contributed by atoms with van der Waals surface area (Å²) in [5.74, 6) is 0.319. The smallest absolute Gasteiger partial charge is 0.230 e. The molecule has 7 heteroatoms. The van der Waals surface area contributed by atoms with Crippen molar-refractivity contribution < 1.29 is 14.1 Å². The highest BCUT2D eigenvalue weighted by atomic mass is 16.5. The molecular weight excluding hydrogens is 296 g/mol. The Labute approximate surface area is 135 Å². The van der Waals surface area contributed by atoms with Gasteiger partial charge < -0.3 is 14.6 Å². The molecular formula is C16H22N4O3. The number of aromatic nitrogens is 3. The highest BCUT2D eigenvalue weighted by molar-refractivity contribution is 5.94. The summed E-state index contributed by atoms with van der Waals surface area (Å²) in [6.07, 6.45) is 3.81. The third-order valence-electron chi connectivity index (χ3n) is 4.33. The van der Waals surface area contributed by atoms with Gasteiger partial charge in [-0.1, -0.05) is 12.1 Å². The number of rotatable bonds is 4. The first-order valence-electron chi connectivity index (χ1n) is 7.97. The third kappa shape index (κ3) is 3.01. The van der Waals surface area contributed by atoms with Gasteiger partial charge in [0.05, 0.1) is 11.6 Å². The lowest BCUT2D eigenvalue weighted by molar-refractivity contribution is -0.129. The quantitative estimate of drug-likeness (QED) is 0.936. The fourth-order valence-electron chi connectivity index (χ4n) is 3.04. The molecule has 2 atom stereocenters. The molecule has 1 fully saturated rings. The highest BCUT2D eigenvalue weighted by Crippen LogP contribution is 2.34. The van der Waals surface area contributed by atoms with Gasteiger partial charge in [0.25, 0.3) is 0 Å². The van der Waals surface area contributed by atoms with Crippen LogP contribution in [0.15, 0.2) is 16.8 Å². The maximum atomic E-state index is 12.8. The zero-order chi connectivity index (χ0) is 16.4. The second-order valence-corrected chi connectivity index (χ2v) is 5.82. The molecule has 0 aliphatic carbocycles. The summed E-state index contributed by atoms with van der Waals surface area (Å²) >= 11 is 0. The molecule has 0 bridgehead atoms. The van der Waals surface area contributed by atoms with E-state index in [9.17, 15) is 4.79 Å². The van der Waals surface area contributed by atoms with Crippen LogP contribution in [0.3, 0.4) is 0 Å². The van der Waals surface area contributed by atoms with Crippen molar-refractivity contribution in [3.8, 4) is 0 Å². The summed E-state index contributed by atoms with van der Waals surface area (Å²) in [6.45, 7) is 4.44. The molecule has 124 valence electrons. The average molecular weight is 318 g/mol. The molecule has 23 heavy (non-hydrogen) atoms. The molecule has 1 N–H and O–H groups in total. The Morgan fingerprint density at radius 1 is 1.52 bits per heavy atom. The van der Waals surface area contributed by atoms with Gasteiger partial charge >= 0.3 is 0 Å². The van der Waals surface area contributed by atoms with Gasteiger partial charge in [-0.25, -0.2) is 0 Å². The van der Waals surface area contributed by atoms with Crippen LogP contribution in [0.25, 0.3) is 0 Å². The number of nitrogens with one attached hydrogen (secondary N) is 1. The topological polar surface area (TPSA) is 82.2 Å². The Morgan fingerprint density at radius 3 is 3.04 bits per heavy atom. The van der Waals surface area contributed by atoms with Crippen LogP contribution in [-0.2, 0) is 23.0 Å². The third-order valence-corrected chi connectivity index (χ3v) is 4.33. The van der Waals surface area contributed by atoms with Gasteiger partial charge in [0.15, 0.2) is 5.76 Å². The molecule has 0 spiro atoms. The van der Waals surface area contributed by atoms with Crippen LogP contribution in [0.1, 0.15) is 43.0 Å². The van der Waals surface area contributed by atoms with Gasteiger partial charge in [0.1, 0.15) is 17.5 Å². The molecule has 0 radical (unpaired) electrons. The lowest BCUT2D eigenvalue weighted by Gasteiger charge is -2.30. The van der Waals surface area contributed by atoms with Gasteiger partial charge in [0, 0.05) is 19.9 Å². The Kier molecular flexibility index (Phi) is 4.47. The Bertz CT molecular complexity index is 691. The normalized spacial score (nSPS) is 21.3. The molecule has 3 heterocycles. The molecule has 3 rings (SSSR count). The fourth-order valence-corrected chi connectivity index (χ4v) is 3.04. The van der Waals surface area contributed by atoms with E-state index in [1.165, 1.54) is 0 Å². The minimum atomic E-state index is -0.276. The van der Waals surface area contributed by atoms with Crippen molar-refractivity contribution in [3.63, 3.8) is 0 Å². The number of aryl methyl sites for hydroxylation is 3. The maximum absolute atomic E-state index is 12.8. The van der Waals surface area contributed by atoms with Crippen LogP contribution >= 0.6 is 0 Å². The van der Waals surface area contributed by atoms with E-state index in [1.54, 1.807) is 17.8 Å². The minimum Gasteiger partial charge on any atom is -0.371 e. The van der Waals surface area contributed by atoms with E-state index in [0.29, 0.717) is 24.5 Å². The van der Waals surface area contributed by atoms with Crippen molar-refractivity contribution in [2.45, 2.75) is 39.2 Å². The van der Waals surface area contributed by atoms with Crippen LogP contribution in [0, 0.1) is 12.8 Å². The first-order chi connectivity index (χ1) is 11.1. The standard InChI is InChI=1S/C16H22N4O3/c1-4-12-14(10(2)23-19-12)18-16(21)11-6-5-9-22-15(11)13-7-8-17-20(13)3/h7-8,11,15H,4-6,9H2,1-3H3,(H,18,21)/t11-,15-/m1/s1. The lowest BCUT2D eigenvalue weighted by atomic mass is 9.91. The van der Waals surface area contributed by atoms with Gasteiger partial charge in [-0.3, -0.25) is 9.48 Å². The molecule has 1 amide bonds. The number of ether oxygens (including phenoxy) is 1. The van der Waals surface area contributed by atoms with E-state index in [0.717, 1.165) is 24.2 Å².